The van der Waals surface area contributed by atoms with Crippen LogP contribution in [0.1, 0.15) is 25.2 Å². The molecule has 0 unspecified atom stereocenters. The van der Waals surface area contributed by atoms with Crippen LogP contribution in [0.15, 0.2) is 18.3 Å². The summed E-state index contributed by atoms with van der Waals surface area (Å²) in [6.45, 7) is 6.94. The number of aromatic nitrogens is 3. The van der Waals surface area contributed by atoms with E-state index in [2.05, 4.69) is 23.9 Å². The molecule has 0 aliphatic carbocycles. The van der Waals surface area contributed by atoms with Crippen molar-refractivity contribution in [3.8, 4) is 0 Å². The predicted octanol–water partition coefficient (Wildman–Crippen LogP) is 1.57. The number of pyridine rings is 1. The first kappa shape index (κ1) is 11.1. The van der Waals surface area contributed by atoms with E-state index in [1.54, 1.807) is 0 Å². The molecule has 86 valence electrons. The number of aryl methyl sites for hydroxylation is 1. The van der Waals surface area contributed by atoms with Gasteiger partial charge in [-0.2, -0.15) is 5.10 Å². The minimum atomic E-state index is 0.0544. The van der Waals surface area contributed by atoms with Crippen molar-refractivity contribution in [1.29, 1.82) is 0 Å². The molecule has 16 heavy (non-hydrogen) atoms. The molecule has 2 N–H and O–H groups in total. The van der Waals surface area contributed by atoms with Gasteiger partial charge in [-0.15, -0.1) is 0 Å². The van der Waals surface area contributed by atoms with Crippen LogP contribution in [-0.4, -0.2) is 21.1 Å². The lowest BCUT2D eigenvalue weighted by Crippen LogP contribution is -2.26. The molecule has 0 bridgehead atoms. The molecule has 0 radical (unpaired) electrons. The number of nitrogens with two attached hydrogens (primary N) is 1. The highest BCUT2D eigenvalue weighted by Gasteiger charge is 2.19. The van der Waals surface area contributed by atoms with E-state index in [-0.39, 0.29) is 5.41 Å². The molecule has 0 aliphatic heterocycles. The maximum absolute atomic E-state index is 5.72. The van der Waals surface area contributed by atoms with Gasteiger partial charge in [0.05, 0.1) is 0 Å². The third-order valence-electron chi connectivity index (χ3n) is 2.79. The van der Waals surface area contributed by atoms with Crippen molar-refractivity contribution in [3.63, 3.8) is 0 Å². The first-order chi connectivity index (χ1) is 7.52. The minimum absolute atomic E-state index is 0.0544. The molecule has 2 heterocycles. The number of hydrogen-bond donors (Lipinski definition) is 1. The van der Waals surface area contributed by atoms with Crippen molar-refractivity contribution < 1.29 is 0 Å². The van der Waals surface area contributed by atoms with Crippen LogP contribution in [0, 0.1) is 12.3 Å². The molecule has 0 fully saturated rings. The molecule has 0 saturated carbocycles. The summed E-state index contributed by atoms with van der Waals surface area (Å²) in [7, 11) is 0. The Hall–Kier alpha value is -1.42. The Morgan fingerprint density at radius 2 is 2.19 bits per heavy atom. The summed E-state index contributed by atoms with van der Waals surface area (Å²) < 4.78 is 1.83. The van der Waals surface area contributed by atoms with Crippen LogP contribution in [-0.2, 0) is 6.42 Å². The van der Waals surface area contributed by atoms with Gasteiger partial charge in [-0.3, -0.25) is 0 Å². The zero-order valence-electron chi connectivity index (χ0n) is 10.1. The third-order valence-corrected chi connectivity index (χ3v) is 2.79. The van der Waals surface area contributed by atoms with Crippen LogP contribution >= 0.6 is 0 Å². The summed E-state index contributed by atoms with van der Waals surface area (Å²) in [5, 5.41) is 4.46. The molecule has 4 heteroatoms. The first-order valence-electron chi connectivity index (χ1n) is 5.53. The average Bonchev–Trinajstić information content (AvgIpc) is 2.61. The lowest BCUT2D eigenvalue weighted by molar-refractivity contribution is 0.368. The summed E-state index contributed by atoms with van der Waals surface area (Å²) in [6.07, 6.45) is 2.74. The first-order valence-corrected chi connectivity index (χ1v) is 5.53. The highest BCUT2D eigenvalue weighted by Crippen LogP contribution is 2.19. The molecule has 2 aromatic heterocycles. The maximum Gasteiger partial charge on any atom is 0.158 e. The second-order valence-corrected chi connectivity index (χ2v) is 5.03. The SMILES string of the molecule is Cc1cccn2nc(CC(C)(C)CN)nc12. The van der Waals surface area contributed by atoms with Crippen molar-refractivity contribution in [3.05, 3.63) is 29.7 Å². The summed E-state index contributed by atoms with van der Waals surface area (Å²) in [5.74, 6) is 0.866. The van der Waals surface area contributed by atoms with Gasteiger partial charge in [0.1, 0.15) is 0 Å². The summed E-state index contributed by atoms with van der Waals surface area (Å²) in [4.78, 5) is 4.54. The van der Waals surface area contributed by atoms with Gasteiger partial charge in [0.25, 0.3) is 0 Å². The van der Waals surface area contributed by atoms with E-state index in [1.807, 2.05) is 29.8 Å². The standard InChI is InChI=1S/C12H18N4/c1-9-5-4-6-16-11(9)14-10(15-16)7-12(2,3)8-13/h4-6H,7-8,13H2,1-3H3. The van der Waals surface area contributed by atoms with Gasteiger partial charge in [-0.05, 0) is 30.5 Å². The molecule has 0 amide bonds. The van der Waals surface area contributed by atoms with Crippen molar-refractivity contribution in [2.45, 2.75) is 27.2 Å². The number of hydrogen-bond acceptors (Lipinski definition) is 3. The molecule has 4 nitrogen and oxygen atoms in total. The van der Waals surface area contributed by atoms with Crippen LogP contribution in [0.3, 0.4) is 0 Å². The van der Waals surface area contributed by atoms with Crippen molar-refractivity contribution >= 4 is 5.65 Å². The fourth-order valence-corrected chi connectivity index (χ4v) is 1.66. The van der Waals surface area contributed by atoms with E-state index < -0.39 is 0 Å². The molecular formula is C12H18N4. The lowest BCUT2D eigenvalue weighted by Gasteiger charge is -2.19. The highest BCUT2D eigenvalue weighted by atomic mass is 15.3. The summed E-state index contributed by atoms with van der Waals surface area (Å²) >= 11 is 0. The summed E-state index contributed by atoms with van der Waals surface area (Å²) in [6, 6.07) is 4.02. The van der Waals surface area contributed by atoms with Crippen molar-refractivity contribution in [1.82, 2.24) is 14.6 Å². The highest BCUT2D eigenvalue weighted by molar-refractivity contribution is 5.45. The van der Waals surface area contributed by atoms with Gasteiger partial charge in [-0.1, -0.05) is 19.9 Å². The van der Waals surface area contributed by atoms with Gasteiger partial charge in [0.2, 0.25) is 0 Å². The van der Waals surface area contributed by atoms with E-state index in [4.69, 9.17) is 5.73 Å². The third kappa shape index (κ3) is 2.07. The number of nitrogens with zero attached hydrogens (tertiary/aromatic N) is 3. The largest absolute Gasteiger partial charge is 0.330 e. The zero-order chi connectivity index (χ0) is 11.8. The normalized spacial score (nSPS) is 12.2. The maximum atomic E-state index is 5.72. The van der Waals surface area contributed by atoms with Crippen molar-refractivity contribution in [2.24, 2.45) is 11.1 Å². The zero-order valence-corrected chi connectivity index (χ0v) is 10.1. The van der Waals surface area contributed by atoms with E-state index in [0.29, 0.717) is 6.54 Å². The van der Waals surface area contributed by atoms with Gasteiger partial charge >= 0.3 is 0 Å². The van der Waals surface area contributed by atoms with Gasteiger partial charge in [0, 0.05) is 12.6 Å². The number of rotatable bonds is 3. The Balaban J connectivity index is 2.37. The molecule has 0 aliphatic rings. The molecule has 0 spiro atoms. The molecule has 0 aromatic carbocycles. The smallest absolute Gasteiger partial charge is 0.158 e. The Bertz CT molecular complexity index is 499. The predicted molar refractivity (Wildman–Crippen MR) is 64.3 cm³/mol. The van der Waals surface area contributed by atoms with Crippen LogP contribution in [0.5, 0.6) is 0 Å². The van der Waals surface area contributed by atoms with Gasteiger partial charge in [0.15, 0.2) is 11.5 Å². The number of fused-ring (bicyclic) bond motifs is 1. The molecule has 0 atom stereocenters. The monoisotopic (exact) mass is 218 g/mol. The minimum Gasteiger partial charge on any atom is -0.330 e. The van der Waals surface area contributed by atoms with E-state index in [1.165, 1.54) is 0 Å². The van der Waals surface area contributed by atoms with E-state index in [9.17, 15) is 0 Å². The molecule has 0 saturated heterocycles. The Kier molecular flexibility index (Phi) is 2.68. The molecule has 2 aromatic rings. The summed E-state index contributed by atoms with van der Waals surface area (Å²) in [5.41, 5.74) is 7.85. The molecular weight excluding hydrogens is 200 g/mol. The van der Waals surface area contributed by atoms with Gasteiger partial charge in [-0.25, -0.2) is 9.50 Å². The average molecular weight is 218 g/mol. The topological polar surface area (TPSA) is 56.2 Å². The lowest BCUT2D eigenvalue weighted by atomic mass is 9.89. The van der Waals surface area contributed by atoms with Gasteiger partial charge < -0.3 is 5.73 Å². The van der Waals surface area contributed by atoms with Crippen LogP contribution < -0.4 is 5.73 Å². The quantitative estimate of drug-likeness (QED) is 0.850. The Morgan fingerprint density at radius 1 is 1.44 bits per heavy atom. The Labute approximate surface area is 95.5 Å². The molecule has 2 rings (SSSR count). The Morgan fingerprint density at radius 3 is 2.81 bits per heavy atom. The van der Waals surface area contributed by atoms with Crippen LogP contribution in [0.4, 0.5) is 0 Å². The fraction of sp³-hybridized carbons (Fsp3) is 0.500. The second kappa shape index (κ2) is 3.87. The van der Waals surface area contributed by atoms with E-state index in [0.717, 1.165) is 23.5 Å². The van der Waals surface area contributed by atoms with Crippen LogP contribution in [0.2, 0.25) is 0 Å². The second-order valence-electron chi connectivity index (χ2n) is 5.03. The van der Waals surface area contributed by atoms with Crippen molar-refractivity contribution in [2.75, 3.05) is 6.54 Å². The fourth-order valence-electron chi connectivity index (χ4n) is 1.66. The van der Waals surface area contributed by atoms with Crippen LogP contribution in [0.25, 0.3) is 5.65 Å². The van der Waals surface area contributed by atoms with E-state index >= 15 is 0 Å².